The molecule has 0 atom stereocenters. The van der Waals surface area contributed by atoms with E-state index in [0.29, 0.717) is 5.92 Å². The summed E-state index contributed by atoms with van der Waals surface area (Å²) in [6, 6.07) is 8.90. The first kappa shape index (κ1) is 12.1. The third kappa shape index (κ3) is 2.49. The monoisotopic (exact) mass is 227 g/mol. The van der Waals surface area contributed by atoms with Crippen LogP contribution < -0.4 is 0 Å². The van der Waals surface area contributed by atoms with E-state index in [1.807, 2.05) is 6.20 Å². The van der Waals surface area contributed by atoms with Gasteiger partial charge >= 0.3 is 0 Å². The zero-order chi connectivity index (χ0) is 12.6. The molecule has 0 aliphatic carbocycles. The molecule has 1 nitrogen and oxygen atoms in total. The van der Waals surface area contributed by atoms with Crippen molar-refractivity contribution in [2.45, 2.75) is 46.0 Å². The Morgan fingerprint density at radius 2 is 1.71 bits per heavy atom. The molecule has 0 amide bonds. The van der Waals surface area contributed by atoms with Crippen molar-refractivity contribution < 1.29 is 0 Å². The Bertz CT molecular complexity index is 533. The molecule has 0 bridgehead atoms. The molecular weight excluding hydrogens is 206 g/mol. The minimum atomic E-state index is 0.199. The van der Waals surface area contributed by atoms with Crippen molar-refractivity contribution in [1.82, 2.24) is 4.98 Å². The molecule has 0 spiro atoms. The van der Waals surface area contributed by atoms with Crippen LogP contribution >= 0.6 is 0 Å². The second-order valence-corrected chi connectivity index (χ2v) is 6.08. The molecule has 0 N–H and O–H groups in total. The van der Waals surface area contributed by atoms with E-state index < -0.39 is 0 Å². The van der Waals surface area contributed by atoms with Crippen LogP contribution in [0, 0.1) is 0 Å². The van der Waals surface area contributed by atoms with Crippen molar-refractivity contribution in [3.05, 3.63) is 41.7 Å². The molecule has 17 heavy (non-hydrogen) atoms. The van der Waals surface area contributed by atoms with E-state index in [1.54, 1.807) is 0 Å². The fraction of sp³-hybridized carbons (Fsp3) is 0.438. The summed E-state index contributed by atoms with van der Waals surface area (Å²) < 4.78 is 0. The Morgan fingerprint density at radius 3 is 2.29 bits per heavy atom. The molecular formula is C16H21N. The quantitative estimate of drug-likeness (QED) is 0.690. The summed E-state index contributed by atoms with van der Waals surface area (Å²) in [4.78, 5) is 4.53. The molecule has 1 aromatic heterocycles. The van der Waals surface area contributed by atoms with E-state index in [1.165, 1.54) is 22.0 Å². The molecule has 1 heterocycles. The maximum atomic E-state index is 4.53. The topological polar surface area (TPSA) is 12.9 Å². The van der Waals surface area contributed by atoms with Crippen molar-refractivity contribution in [2.75, 3.05) is 0 Å². The zero-order valence-electron chi connectivity index (χ0n) is 11.4. The Morgan fingerprint density at radius 1 is 1.00 bits per heavy atom. The van der Waals surface area contributed by atoms with Gasteiger partial charge in [0.15, 0.2) is 0 Å². The standard InChI is InChI=1S/C16H21N/c1-11(2)15-9-12-6-7-14(16(3,4)5)8-13(12)10-17-15/h6-11H,1-5H3. The van der Waals surface area contributed by atoms with Gasteiger partial charge in [-0.2, -0.15) is 0 Å². The summed E-state index contributed by atoms with van der Waals surface area (Å²) in [5, 5.41) is 2.53. The molecule has 0 aliphatic heterocycles. The minimum Gasteiger partial charge on any atom is -0.260 e. The van der Waals surface area contributed by atoms with E-state index in [-0.39, 0.29) is 5.41 Å². The lowest BCUT2D eigenvalue weighted by Gasteiger charge is -2.19. The predicted molar refractivity (Wildman–Crippen MR) is 74.5 cm³/mol. The van der Waals surface area contributed by atoms with Crippen LogP contribution in [-0.4, -0.2) is 4.98 Å². The van der Waals surface area contributed by atoms with Gasteiger partial charge in [-0.1, -0.05) is 46.8 Å². The number of nitrogens with zero attached hydrogens (tertiary/aromatic N) is 1. The van der Waals surface area contributed by atoms with E-state index >= 15 is 0 Å². The summed E-state index contributed by atoms with van der Waals surface area (Å²) >= 11 is 0. The van der Waals surface area contributed by atoms with Gasteiger partial charge in [-0.15, -0.1) is 0 Å². The van der Waals surface area contributed by atoms with Gasteiger partial charge in [-0.25, -0.2) is 0 Å². The lowest BCUT2D eigenvalue weighted by molar-refractivity contribution is 0.591. The van der Waals surface area contributed by atoms with Gasteiger partial charge in [0.2, 0.25) is 0 Å². The highest BCUT2D eigenvalue weighted by molar-refractivity contribution is 5.83. The van der Waals surface area contributed by atoms with Crippen molar-refractivity contribution in [2.24, 2.45) is 0 Å². The van der Waals surface area contributed by atoms with E-state index in [9.17, 15) is 0 Å². The third-order valence-electron chi connectivity index (χ3n) is 3.20. The number of hydrogen-bond donors (Lipinski definition) is 0. The van der Waals surface area contributed by atoms with Gasteiger partial charge in [-0.05, 0) is 34.4 Å². The Balaban J connectivity index is 2.54. The van der Waals surface area contributed by atoms with Gasteiger partial charge in [0.25, 0.3) is 0 Å². The second kappa shape index (κ2) is 4.14. The van der Waals surface area contributed by atoms with Crippen LogP contribution in [-0.2, 0) is 5.41 Å². The minimum absolute atomic E-state index is 0.199. The number of hydrogen-bond acceptors (Lipinski definition) is 1. The zero-order valence-corrected chi connectivity index (χ0v) is 11.4. The van der Waals surface area contributed by atoms with Crippen LogP contribution in [0.15, 0.2) is 30.5 Å². The van der Waals surface area contributed by atoms with Crippen molar-refractivity contribution >= 4 is 10.8 Å². The average Bonchev–Trinajstić information content (AvgIpc) is 2.26. The molecule has 0 radical (unpaired) electrons. The number of aromatic nitrogens is 1. The summed E-state index contributed by atoms with van der Waals surface area (Å²) in [7, 11) is 0. The van der Waals surface area contributed by atoms with E-state index in [0.717, 1.165) is 0 Å². The van der Waals surface area contributed by atoms with Crippen LogP contribution in [0.25, 0.3) is 10.8 Å². The number of pyridine rings is 1. The first-order chi connectivity index (χ1) is 7.88. The summed E-state index contributed by atoms with van der Waals surface area (Å²) in [6.07, 6.45) is 2.00. The normalized spacial score (nSPS) is 12.4. The van der Waals surface area contributed by atoms with Crippen LogP contribution in [0.1, 0.15) is 51.8 Å². The summed E-state index contributed by atoms with van der Waals surface area (Å²) in [6.45, 7) is 11.1. The smallest absolute Gasteiger partial charge is 0.0435 e. The maximum absolute atomic E-state index is 4.53. The molecule has 0 unspecified atom stereocenters. The van der Waals surface area contributed by atoms with Gasteiger partial charge in [0.05, 0.1) is 0 Å². The third-order valence-corrected chi connectivity index (χ3v) is 3.20. The van der Waals surface area contributed by atoms with Crippen molar-refractivity contribution in [1.29, 1.82) is 0 Å². The highest BCUT2D eigenvalue weighted by Gasteiger charge is 2.13. The van der Waals surface area contributed by atoms with E-state index in [2.05, 4.69) is 63.9 Å². The highest BCUT2D eigenvalue weighted by atomic mass is 14.7. The first-order valence-electron chi connectivity index (χ1n) is 6.28. The van der Waals surface area contributed by atoms with Crippen LogP contribution in [0.5, 0.6) is 0 Å². The Labute approximate surface area is 104 Å². The number of rotatable bonds is 1. The molecule has 0 aliphatic rings. The molecule has 1 heteroatoms. The lowest BCUT2D eigenvalue weighted by Crippen LogP contribution is -2.10. The molecule has 2 aromatic rings. The maximum Gasteiger partial charge on any atom is 0.0435 e. The number of benzene rings is 1. The first-order valence-corrected chi connectivity index (χ1v) is 6.28. The predicted octanol–water partition coefficient (Wildman–Crippen LogP) is 4.66. The van der Waals surface area contributed by atoms with Crippen molar-refractivity contribution in [3.8, 4) is 0 Å². The fourth-order valence-electron chi connectivity index (χ4n) is 1.94. The molecule has 0 saturated heterocycles. The van der Waals surface area contributed by atoms with Crippen LogP contribution in [0.3, 0.4) is 0 Å². The SMILES string of the molecule is CC(C)c1cc2ccc(C(C)(C)C)cc2cn1. The van der Waals surface area contributed by atoms with Gasteiger partial charge in [0, 0.05) is 17.3 Å². The highest BCUT2D eigenvalue weighted by Crippen LogP contribution is 2.26. The molecule has 2 rings (SSSR count). The van der Waals surface area contributed by atoms with E-state index in [4.69, 9.17) is 0 Å². The summed E-state index contributed by atoms with van der Waals surface area (Å²) in [5.41, 5.74) is 2.73. The second-order valence-electron chi connectivity index (χ2n) is 6.08. The Kier molecular flexibility index (Phi) is 2.94. The lowest BCUT2D eigenvalue weighted by atomic mass is 9.86. The molecule has 90 valence electrons. The van der Waals surface area contributed by atoms with Crippen LogP contribution in [0.2, 0.25) is 0 Å². The van der Waals surface area contributed by atoms with Crippen LogP contribution in [0.4, 0.5) is 0 Å². The number of fused-ring (bicyclic) bond motifs is 1. The van der Waals surface area contributed by atoms with Gasteiger partial charge in [-0.3, -0.25) is 4.98 Å². The molecule has 0 saturated carbocycles. The Hall–Kier alpha value is -1.37. The van der Waals surface area contributed by atoms with Gasteiger partial charge in [0.1, 0.15) is 0 Å². The fourth-order valence-corrected chi connectivity index (χ4v) is 1.94. The largest absolute Gasteiger partial charge is 0.260 e. The van der Waals surface area contributed by atoms with Crippen molar-refractivity contribution in [3.63, 3.8) is 0 Å². The average molecular weight is 227 g/mol. The van der Waals surface area contributed by atoms with Gasteiger partial charge < -0.3 is 0 Å². The molecule has 0 fully saturated rings. The molecule has 1 aromatic carbocycles. The summed E-state index contributed by atoms with van der Waals surface area (Å²) in [5.74, 6) is 0.488.